The Balaban J connectivity index is 1.77. The van der Waals surface area contributed by atoms with E-state index in [1.807, 2.05) is 0 Å². The van der Waals surface area contributed by atoms with Crippen molar-refractivity contribution >= 4 is 5.97 Å². The van der Waals surface area contributed by atoms with Crippen LogP contribution in [0.2, 0.25) is 0 Å². The van der Waals surface area contributed by atoms with Gasteiger partial charge < -0.3 is 14.7 Å². The summed E-state index contributed by atoms with van der Waals surface area (Å²) in [7, 11) is 1.77. The molecular weight excluding hydrogens is 268 g/mol. The molecule has 2 aliphatic rings. The molecule has 0 bridgehead atoms. The minimum atomic E-state index is -0.642. The molecule has 1 atom stereocenters. The first-order chi connectivity index (χ1) is 9.93. The Labute approximate surface area is 128 Å². The molecule has 0 aromatic carbocycles. The molecule has 0 aromatic rings. The highest BCUT2D eigenvalue weighted by Crippen LogP contribution is 2.26. The molecule has 5 heteroatoms. The number of ether oxygens (including phenoxy) is 1. The fourth-order valence-electron chi connectivity index (χ4n) is 3.50. The van der Waals surface area contributed by atoms with Gasteiger partial charge in [0.2, 0.25) is 0 Å². The Kier molecular flexibility index (Phi) is 5.63. The van der Waals surface area contributed by atoms with Crippen molar-refractivity contribution in [2.45, 2.75) is 63.6 Å². The highest BCUT2D eigenvalue weighted by molar-refractivity contribution is 5.73. The molecule has 0 amide bonds. The largest absolute Gasteiger partial charge is 0.480 e. The van der Waals surface area contributed by atoms with Gasteiger partial charge in [0.25, 0.3) is 0 Å². The minimum Gasteiger partial charge on any atom is -0.480 e. The molecule has 0 aromatic heterocycles. The van der Waals surface area contributed by atoms with E-state index >= 15 is 0 Å². The second-order valence-corrected chi connectivity index (χ2v) is 7.02. The summed E-state index contributed by atoms with van der Waals surface area (Å²) in [5.41, 5.74) is -0.0554. The molecule has 0 spiro atoms. The number of rotatable bonds is 6. The molecule has 1 N–H and O–H groups in total. The predicted octanol–water partition coefficient (Wildman–Crippen LogP) is 1.81. The number of methoxy groups -OCH3 is 1. The molecular formula is C16H30N2O3. The smallest absolute Gasteiger partial charge is 0.320 e. The number of aliphatic carboxylic acids is 1. The summed E-state index contributed by atoms with van der Waals surface area (Å²) in [6.45, 7) is 8.43. The van der Waals surface area contributed by atoms with Crippen molar-refractivity contribution in [2.75, 3.05) is 33.3 Å². The first-order valence-corrected chi connectivity index (χ1v) is 8.19. The summed E-state index contributed by atoms with van der Waals surface area (Å²) in [5.74, 6) is -0.642. The van der Waals surface area contributed by atoms with Crippen molar-refractivity contribution in [2.24, 2.45) is 0 Å². The van der Waals surface area contributed by atoms with E-state index in [1.54, 1.807) is 7.11 Å². The Bertz CT molecular complexity index is 351. The van der Waals surface area contributed by atoms with Crippen LogP contribution in [0.4, 0.5) is 0 Å². The standard InChI is InChI=1S/C16H30N2O3/c1-16(2,21-3)8-12-17-10-6-13(7-11-17)18-9-4-5-14(18)15(19)20/h13-14H,4-12H2,1-3H3,(H,19,20). The number of carboxylic acid groups (broad SMARTS) is 1. The molecule has 21 heavy (non-hydrogen) atoms. The van der Waals surface area contributed by atoms with Crippen molar-refractivity contribution < 1.29 is 14.6 Å². The van der Waals surface area contributed by atoms with Crippen LogP contribution < -0.4 is 0 Å². The van der Waals surface area contributed by atoms with Gasteiger partial charge in [0.05, 0.1) is 5.60 Å². The molecule has 2 saturated heterocycles. The van der Waals surface area contributed by atoms with E-state index in [0.717, 1.165) is 58.3 Å². The van der Waals surface area contributed by atoms with E-state index in [4.69, 9.17) is 4.74 Å². The topological polar surface area (TPSA) is 53.0 Å². The zero-order chi connectivity index (χ0) is 15.5. The maximum absolute atomic E-state index is 11.3. The van der Waals surface area contributed by atoms with Gasteiger partial charge in [-0.05, 0) is 65.6 Å². The van der Waals surface area contributed by atoms with Gasteiger partial charge in [-0.2, -0.15) is 0 Å². The molecule has 122 valence electrons. The Morgan fingerprint density at radius 2 is 1.90 bits per heavy atom. The van der Waals surface area contributed by atoms with Gasteiger partial charge >= 0.3 is 5.97 Å². The highest BCUT2D eigenvalue weighted by atomic mass is 16.5. The predicted molar refractivity (Wildman–Crippen MR) is 82.5 cm³/mol. The number of hydrogen-bond acceptors (Lipinski definition) is 4. The lowest BCUT2D eigenvalue weighted by molar-refractivity contribution is -0.143. The Morgan fingerprint density at radius 3 is 2.48 bits per heavy atom. The second-order valence-electron chi connectivity index (χ2n) is 7.02. The van der Waals surface area contributed by atoms with Crippen LogP contribution in [0.25, 0.3) is 0 Å². The van der Waals surface area contributed by atoms with Gasteiger partial charge in [0.1, 0.15) is 6.04 Å². The van der Waals surface area contributed by atoms with Crippen molar-refractivity contribution in [1.82, 2.24) is 9.80 Å². The van der Waals surface area contributed by atoms with Gasteiger partial charge in [-0.1, -0.05) is 0 Å². The molecule has 1 unspecified atom stereocenters. The third kappa shape index (κ3) is 4.41. The average Bonchev–Trinajstić information content (AvgIpc) is 2.95. The lowest BCUT2D eigenvalue weighted by Crippen LogP contribution is -2.49. The van der Waals surface area contributed by atoms with Crippen LogP contribution in [0.15, 0.2) is 0 Å². The fraction of sp³-hybridized carbons (Fsp3) is 0.938. The first-order valence-electron chi connectivity index (χ1n) is 8.19. The molecule has 5 nitrogen and oxygen atoms in total. The SMILES string of the molecule is COC(C)(C)CCN1CCC(N2CCCC2C(=O)O)CC1. The molecule has 0 radical (unpaired) electrons. The fourth-order valence-corrected chi connectivity index (χ4v) is 3.50. The molecule has 0 saturated carbocycles. The van der Waals surface area contributed by atoms with E-state index in [9.17, 15) is 9.90 Å². The van der Waals surface area contributed by atoms with Crippen molar-refractivity contribution in [1.29, 1.82) is 0 Å². The Morgan fingerprint density at radius 1 is 1.24 bits per heavy atom. The van der Waals surface area contributed by atoms with E-state index in [2.05, 4.69) is 23.6 Å². The van der Waals surface area contributed by atoms with Crippen LogP contribution >= 0.6 is 0 Å². The summed E-state index contributed by atoms with van der Waals surface area (Å²) < 4.78 is 5.47. The van der Waals surface area contributed by atoms with E-state index in [0.29, 0.717) is 6.04 Å². The zero-order valence-electron chi connectivity index (χ0n) is 13.7. The summed E-state index contributed by atoms with van der Waals surface area (Å²) in [6, 6.07) is 0.217. The lowest BCUT2D eigenvalue weighted by atomic mass is 10.00. The zero-order valence-corrected chi connectivity index (χ0v) is 13.7. The van der Waals surface area contributed by atoms with Gasteiger partial charge in [0.15, 0.2) is 0 Å². The first kappa shape index (κ1) is 16.7. The Hall–Kier alpha value is -0.650. The lowest BCUT2D eigenvalue weighted by Gasteiger charge is -2.39. The number of carbonyl (C=O) groups is 1. The summed E-state index contributed by atoms with van der Waals surface area (Å²) in [6.07, 6.45) is 5.07. The third-order valence-electron chi connectivity index (χ3n) is 5.19. The van der Waals surface area contributed by atoms with E-state index in [1.165, 1.54) is 0 Å². The quantitative estimate of drug-likeness (QED) is 0.810. The van der Waals surface area contributed by atoms with Crippen LogP contribution in [0.1, 0.15) is 46.0 Å². The minimum absolute atomic E-state index is 0.0554. The molecule has 2 fully saturated rings. The summed E-state index contributed by atoms with van der Waals surface area (Å²) >= 11 is 0. The number of likely N-dealkylation sites (tertiary alicyclic amines) is 2. The van der Waals surface area contributed by atoms with Crippen molar-refractivity contribution in [3.05, 3.63) is 0 Å². The number of carboxylic acids is 1. The molecule has 2 rings (SSSR count). The van der Waals surface area contributed by atoms with Crippen LogP contribution in [-0.4, -0.2) is 71.8 Å². The maximum atomic E-state index is 11.3. The second kappa shape index (κ2) is 7.07. The maximum Gasteiger partial charge on any atom is 0.320 e. The molecule has 2 aliphatic heterocycles. The number of piperidine rings is 1. The van der Waals surface area contributed by atoms with Crippen molar-refractivity contribution in [3.63, 3.8) is 0 Å². The monoisotopic (exact) mass is 298 g/mol. The molecule has 0 aliphatic carbocycles. The number of hydrogen-bond donors (Lipinski definition) is 1. The van der Waals surface area contributed by atoms with Crippen molar-refractivity contribution in [3.8, 4) is 0 Å². The van der Waals surface area contributed by atoms with Gasteiger partial charge in [-0.3, -0.25) is 9.69 Å². The van der Waals surface area contributed by atoms with Crippen LogP contribution in [0.3, 0.4) is 0 Å². The van der Waals surface area contributed by atoms with Crippen LogP contribution in [-0.2, 0) is 9.53 Å². The average molecular weight is 298 g/mol. The molecule has 2 heterocycles. The van der Waals surface area contributed by atoms with Gasteiger partial charge in [-0.15, -0.1) is 0 Å². The van der Waals surface area contributed by atoms with Gasteiger partial charge in [-0.25, -0.2) is 0 Å². The van der Waals surface area contributed by atoms with Gasteiger partial charge in [0, 0.05) is 19.7 Å². The summed E-state index contributed by atoms with van der Waals surface area (Å²) in [5, 5.41) is 9.30. The van der Waals surface area contributed by atoms with E-state index in [-0.39, 0.29) is 11.6 Å². The number of nitrogens with zero attached hydrogens (tertiary/aromatic N) is 2. The van der Waals surface area contributed by atoms with E-state index < -0.39 is 5.97 Å². The normalized spacial score (nSPS) is 26.3. The summed E-state index contributed by atoms with van der Waals surface area (Å²) in [4.78, 5) is 16.0. The highest BCUT2D eigenvalue weighted by Gasteiger charge is 2.36. The van der Waals surface area contributed by atoms with Crippen LogP contribution in [0.5, 0.6) is 0 Å². The van der Waals surface area contributed by atoms with Crippen LogP contribution in [0, 0.1) is 0 Å². The third-order valence-corrected chi connectivity index (χ3v) is 5.19.